The highest BCUT2D eigenvalue weighted by atomic mass is 32.2. The summed E-state index contributed by atoms with van der Waals surface area (Å²) in [6.07, 6.45) is 0.854. The Morgan fingerprint density at radius 2 is 1.85 bits per heavy atom. The summed E-state index contributed by atoms with van der Waals surface area (Å²) in [7, 11) is -2.58. The van der Waals surface area contributed by atoms with Crippen LogP contribution in [0.3, 0.4) is 0 Å². The monoisotopic (exact) mass is 389 g/mol. The third-order valence-electron chi connectivity index (χ3n) is 5.04. The highest BCUT2D eigenvalue weighted by Gasteiger charge is 2.38. The van der Waals surface area contributed by atoms with E-state index in [2.05, 4.69) is 0 Å². The topological polar surface area (TPSA) is 83.9 Å². The molecule has 1 saturated carbocycles. The average Bonchev–Trinajstić information content (AvgIpc) is 2.58. The molecule has 0 bridgehead atoms. The van der Waals surface area contributed by atoms with Gasteiger partial charge >= 0.3 is 6.09 Å². The van der Waals surface area contributed by atoms with Gasteiger partial charge in [-0.05, 0) is 42.9 Å². The van der Waals surface area contributed by atoms with Crippen LogP contribution in [0, 0.1) is 6.92 Å². The molecule has 6 nitrogen and oxygen atoms in total. The Hall–Kier alpha value is -2.38. The first-order valence-corrected chi connectivity index (χ1v) is 10.2. The molecule has 0 atom stereocenters. The maximum Gasteiger partial charge on any atom is 0.410 e. The standard InChI is InChI=1S/C20H23NO5S/c1-14-8-9-19(27(23,24)25)18(10-14)16-11-17(12-16)21(2)20(22)26-13-15-6-4-3-5-7-15/h3-10,16-17H,11-13H2,1-2H3,(H,23,24,25). The molecule has 7 heteroatoms. The quantitative estimate of drug-likeness (QED) is 0.787. The van der Waals surface area contributed by atoms with E-state index in [1.165, 1.54) is 6.07 Å². The summed E-state index contributed by atoms with van der Waals surface area (Å²) in [6.45, 7) is 2.09. The van der Waals surface area contributed by atoms with Crippen LogP contribution >= 0.6 is 0 Å². The van der Waals surface area contributed by atoms with Crippen LogP contribution in [0.1, 0.15) is 35.4 Å². The van der Waals surface area contributed by atoms with Crippen LogP contribution in [0.5, 0.6) is 0 Å². The third kappa shape index (κ3) is 4.48. The number of hydrogen-bond donors (Lipinski definition) is 1. The molecule has 0 aromatic heterocycles. The Kier molecular flexibility index (Phi) is 5.53. The predicted molar refractivity (Wildman–Crippen MR) is 101 cm³/mol. The van der Waals surface area contributed by atoms with Crippen molar-refractivity contribution in [1.82, 2.24) is 4.90 Å². The fourth-order valence-electron chi connectivity index (χ4n) is 3.35. The Balaban J connectivity index is 1.61. The molecule has 2 aromatic rings. The van der Waals surface area contributed by atoms with Crippen LogP contribution in [-0.4, -0.2) is 37.1 Å². The molecule has 144 valence electrons. The molecule has 0 saturated heterocycles. The Bertz CT molecular complexity index is 921. The molecule has 1 fully saturated rings. The van der Waals surface area contributed by atoms with Crippen molar-refractivity contribution in [3.8, 4) is 0 Å². The van der Waals surface area contributed by atoms with Crippen molar-refractivity contribution in [3.05, 3.63) is 65.2 Å². The number of nitrogens with zero attached hydrogens (tertiary/aromatic N) is 1. The van der Waals surface area contributed by atoms with E-state index in [9.17, 15) is 17.8 Å². The minimum atomic E-state index is -4.27. The minimum absolute atomic E-state index is 0.0174. The number of rotatable bonds is 5. The van der Waals surface area contributed by atoms with Crippen molar-refractivity contribution in [2.45, 2.75) is 43.2 Å². The molecule has 1 amide bonds. The van der Waals surface area contributed by atoms with Gasteiger partial charge in [0, 0.05) is 13.1 Å². The van der Waals surface area contributed by atoms with Gasteiger partial charge in [0.1, 0.15) is 6.61 Å². The van der Waals surface area contributed by atoms with Gasteiger partial charge in [-0.2, -0.15) is 8.42 Å². The Morgan fingerprint density at radius 1 is 1.19 bits per heavy atom. The number of benzene rings is 2. The molecule has 1 N–H and O–H groups in total. The Labute approximate surface area is 159 Å². The van der Waals surface area contributed by atoms with E-state index in [1.54, 1.807) is 24.1 Å². The van der Waals surface area contributed by atoms with E-state index in [-0.39, 0.29) is 23.5 Å². The number of carbonyl (C=O) groups is 1. The molecule has 2 aromatic carbocycles. The lowest BCUT2D eigenvalue weighted by Crippen LogP contribution is -2.45. The first kappa shape index (κ1) is 19.4. The maximum atomic E-state index is 12.2. The Morgan fingerprint density at radius 3 is 2.48 bits per heavy atom. The van der Waals surface area contributed by atoms with Gasteiger partial charge in [0.25, 0.3) is 10.1 Å². The zero-order valence-corrected chi connectivity index (χ0v) is 16.1. The zero-order chi connectivity index (χ0) is 19.6. The highest BCUT2D eigenvalue weighted by molar-refractivity contribution is 7.85. The van der Waals surface area contributed by atoms with Crippen LogP contribution < -0.4 is 0 Å². The van der Waals surface area contributed by atoms with Crippen molar-refractivity contribution in [2.24, 2.45) is 0 Å². The molecule has 1 aliphatic rings. The van der Waals surface area contributed by atoms with Crippen molar-refractivity contribution in [2.75, 3.05) is 7.05 Å². The number of hydrogen-bond acceptors (Lipinski definition) is 4. The molecule has 0 aliphatic heterocycles. The summed E-state index contributed by atoms with van der Waals surface area (Å²) in [6, 6.07) is 14.3. The lowest BCUT2D eigenvalue weighted by Gasteiger charge is -2.41. The number of amides is 1. The summed E-state index contributed by atoms with van der Waals surface area (Å²) in [5.41, 5.74) is 2.46. The van der Waals surface area contributed by atoms with E-state index in [1.807, 2.05) is 37.3 Å². The summed E-state index contributed by atoms with van der Waals surface area (Å²) < 4.78 is 38.0. The SMILES string of the molecule is Cc1ccc(S(=O)(=O)O)c(C2CC(N(C)C(=O)OCc3ccccc3)C2)c1. The summed E-state index contributed by atoms with van der Waals surface area (Å²) >= 11 is 0. The molecule has 3 rings (SSSR count). The molecule has 1 aliphatic carbocycles. The van der Waals surface area contributed by atoms with Crippen LogP contribution in [0.25, 0.3) is 0 Å². The number of aryl methyl sites for hydroxylation is 1. The first-order valence-electron chi connectivity index (χ1n) is 8.77. The van der Waals surface area contributed by atoms with Crippen molar-refractivity contribution in [1.29, 1.82) is 0 Å². The van der Waals surface area contributed by atoms with Gasteiger partial charge < -0.3 is 9.64 Å². The van der Waals surface area contributed by atoms with Crippen molar-refractivity contribution < 1.29 is 22.5 Å². The van der Waals surface area contributed by atoms with Gasteiger partial charge in [0.15, 0.2) is 0 Å². The summed E-state index contributed by atoms with van der Waals surface area (Å²) in [4.78, 5) is 13.7. The predicted octanol–water partition coefficient (Wildman–Crippen LogP) is 3.76. The van der Waals surface area contributed by atoms with E-state index in [0.717, 1.165) is 11.1 Å². The normalized spacial score (nSPS) is 19.2. The molecular weight excluding hydrogens is 366 g/mol. The van der Waals surface area contributed by atoms with Gasteiger partial charge in [0.05, 0.1) is 4.90 Å². The molecule has 27 heavy (non-hydrogen) atoms. The third-order valence-corrected chi connectivity index (χ3v) is 5.96. The van der Waals surface area contributed by atoms with Crippen molar-refractivity contribution in [3.63, 3.8) is 0 Å². The van der Waals surface area contributed by atoms with Crippen LogP contribution in [0.15, 0.2) is 53.4 Å². The van der Waals surface area contributed by atoms with E-state index >= 15 is 0 Å². The van der Waals surface area contributed by atoms with E-state index in [0.29, 0.717) is 18.4 Å². The summed E-state index contributed by atoms with van der Waals surface area (Å²) in [5, 5.41) is 0. The van der Waals surface area contributed by atoms with Gasteiger partial charge in [-0.1, -0.05) is 48.0 Å². The largest absolute Gasteiger partial charge is 0.445 e. The molecule has 0 radical (unpaired) electrons. The first-order chi connectivity index (χ1) is 12.8. The number of ether oxygens (including phenoxy) is 1. The second-order valence-corrected chi connectivity index (χ2v) is 8.38. The lowest BCUT2D eigenvalue weighted by atomic mass is 9.75. The van der Waals surface area contributed by atoms with Gasteiger partial charge in [-0.15, -0.1) is 0 Å². The van der Waals surface area contributed by atoms with Crippen LogP contribution in [-0.2, 0) is 21.5 Å². The molecule has 0 unspecified atom stereocenters. The number of carbonyl (C=O) groups excluding carboxylic acids is 1. The second-order valence-electron chi connectivity index (χ2n) is 6.99. The lowest BCUT2D eigenvalue weighted by molar-refractivity contribution is 0.0687. The van der Waals surface area contributed by atoms with Crippen LogP contribution in [0.4, 0.5) is 4.79 Å². The van der Waals surface area contributed by atoms with Gasteiger partial charge in [-0.3, -0.25) is 4.55 Å². The van der Waals surface area contributed by atoms with Gasteiger partial charge in [0.2, 0.25) is 0 Å². The molecular formula is C20H23NO5S. The fourth-order valence-corrected chi connectivity index (χ4v) is 4.11. The van der Waals surface area contributed by atoms with E-state index in [4.69, 9.17) is 4.74 Å². The highest BCUT2D eigenvalue weighted by Crippen LogP contribution is 2.42. The van der Waals surface area contributed by atoms with Gasteiger partial charge in [-0.25, -0.2) is 4.79 Å². The maximum absolute atomic E-state index is 12.2. The minimum Gasteiger partial charge on any atom is -0.445 e. The smallest absolute Gasteiger partial charge is 0.410 e. The molecule has 0 spiro atoms. The van der Waals surface area contributed by atoms with Crippen molar-refractivity contribution >= 4 is 16.2 Å². The summed E-state index contributed by atoms with van der Waals surface area (Å²) in [5.74, 6) is -0.0174. The second kappa shape index (κ2) is 7.70. The molecule has 0 heterocycles. The van der Waals surface area contributed by atoms with E-state index < -0.39 is 16.2 Å². The average molecular weight is 389 g/mol. The van der Waals surface area contributed by atoms with Crippen LogP contribution in [0.2, 0.25) is 0 Å². The fraction of sp³-hybridized carbons (Fsp3) is 0.350. The zero-order valence-electron chi connectivity index (χ0n) is 15.3.